The van der Waals surface area contributed by atoms with Crippen LogP contribution in [0.25, 0.3) is 22.9 Å². The van der Waals surface area contributed by atoms with Crippen LogP contribution in [0.4, 0.5) is 5.69 Å². The van der Waals surface area contributed by atoms with E-state index in [0.717, 1.165) is 33.7 Å². The molecule has 2 aromatic heterocycles. The van der Waals surface area contributed by atoms with Crippen molar-refractivity contribution in [1.82, 2.24) is 20.6 Å². The molecule has 2 amide bonds. The molecule has 12 nitrogen and oxygen atoms in total. The number of rotatable bonds is 7. The molecule has 8 rings (SSSR count). The Morgan fingerprint density at radius 1 is 1.02 bits per heavy atom. The highest BCUT2D eigenvalue weighted by Gasteiger charge is 2.61. The molecule has 5 heterocycles. The van der Waals surface area contributed by atoms with E-state index in [1.807, 2.05) is 80.6 Å². The summed E-state index contributed by atoms with van der Waals surface area (Å²) in [5, 5.41) is 20.0. The third kappa shape index (κ3) is 5.24. The van der Waals surface area contributed by atoms with Crippen LogP contribution in [0.2, 0.25) is 0 Å². The number of benzene rings is 3. The van der Waals surface area contributed by atoms with Crippen molar-refractivity contribution in [2.24, 2.45) is 11.8 Å². The van der Waals surface area contributed by atoms with Crippen LogP contribution in [-0.2, 0) is 21.4 Å². The predicted molar refractivity (Wildman–Crippen MR) is 187 cm³/mol. The molecule has 12 heteroatoms. The first-order valence-electron chi connectivity index (χ1n) is 17.1. The van der Waals surface area contributed by atoms with Gasteiger partial charge >= 0.3 is 0 Å². The highest BCUT2D eigenvalue weighted by molar-refractivity contribution is 5.90. The molecule has 0 aliphatic carbocycles. The number of nitrogens with one attached hydrogen (secondary N) is 3. The van der Waals surface area contributed by atoms with E-state index in [0.29, 0.717) is 23.0 Å². The fraction of sp³-hybridized carbons (Fsp3) is 0.333. The zero-order valence-electron chi connectivity index (χ0n) is 28.9. The largest absolute Gasteiger partial charge is 0.497 e. The summed E-state index contributed by atoms with van der Waals surface area (Å²) in [5.74, 6) is 1.27. The summed E-state index contributed by atoms with van der Waals surface area (Å²) in [6.07, 6.45) is -0.0703. The number of hydrogen-bond acceptors (Lipinski definition) is 10. The van der Waals surface area contributed by atoms with Crippen molar-refractivity contribution in [2.45, 2.75) is 63.9 Å². The topological polar surface area (TPSA) is 161 Å². The molecule has 262 valence electrons. The maximum absolute atomic E-state index is 14.1. The van der Waals surface area contributed by atoms with E-state index in [-0.39, 0.29) is 30.0 Å². The van der Waals surface area contributed by atoms with E-state index in [2.05, 4.69) is 16.0 Å². The molecule has 2 unspecified atom stereocenters. The van der Waals surface area contributed by atoms with Gasteiger partial charge < -0.3 is 39.4 Å². The average molecular weight is 690 g/mol. The Hall–Kier alpha value is -5.62. The van der Waals surface area contributed by atoms with E-state index < -0.39 is 41.6 Å². The van der Waals surface area contributed by atoms with Crippen molar-refractivity contribution >= 4 is 17.5 Å². The van der Waals surface area contributed by atoms with Gasteiger partial charge in [0.2, 0.25) is 23.6 Å². The normalized spacial score (nSPS) is 22.2. The number of oxazole rings is 2. The van der Waals surface area contributed by atoms with Gasteiger partial charge in [-0.2, -0.15) is 0 Å². The Balaban J connectivity index is 1.34. The number of carbonyl (C=O) groups excluding carboxylic acids is 2. The Kier molecular flexibility index (Phi) is 7.86. The first-order valence-corrected chi connectivity index (χ1v) is 17.1. The first-order chi connectivity index (χ1) is 24.6. The molecule has 1 spiro atoms. The Labute approximate surface area is 294 Å². The molecule has 4 bridgehead atoms. The summed E-state index contributed by atoms with van der Waals surface area (Å²) in [6, 6.07) is 19.5. The molecule has 3 aromatic carbocycles. The number of anilines is 1. The van der Waals surface area contributed by atoms with Gasteiger partial charge in [-0.25, -0.2) is 9.97 Å². The van der Waals surface area contributed by atoms with Crippen LogP contribution < -0.4 is 25.4 Å². The summed E-state index contributed by atoms with van der Waals surface area (Å²) in [4.78, 5) is 37.0. The first kappa shape index (κ1) is 32.6. The summed E-state index contributed by atoms with van der Waals surface area (Å²) in [5.41, 5.74) is 3.53. The van der Waals surface area contributed by atoms with Crippen LogP contribution in [-0.4, -0.2) is 52.4 Å². The van der Waals surface area contributed by atoms with Gasteiger partial charge in [-0.3, -0.25) is 9.59 Å². The van der Waals surface area contributed by atoms with Crippen LogP contribution >= 0.6 is 0 Å². The van der Waals surface area contributed by atoms with E-state index in [4.69, 9.17) is 28.3 Å². The minimum atomic E-state index is -1.28. The molecular formula is C39H39N5O7. The summed E-state index contributed by atoms with van der Waals surface area (Å²) in [7, 11) is 1.61. The van der Waals surface area contributed by atoms with Crippen LogP contribution in [0.3, 0.4) is 0 Å². The zero-order chi connectivity index (χ0) is 35.6. The molecule has 4 N–H and O–H groups in total. The molecule has 3 aliphatic rings. The zero-order valence-corrected chi connectivity index (χ0v) is 28.9. The van der Waals surface area contributed by atoms with Gasteiger partial charge in [-0.05, 0) is 59.4 Å². The van der Waals surface area contributed by atoms with E-state index >= 15 is 0 Å². The van der Waals surface area contributed by atoms with Crippen LogP contribution in [0.15, 0.2) is 81.8 Å². The van der Waals surface area contributed by atoms with Crippen molar-refractivity contribution in [3.8, 4) is 34.4 Å². The molecule has 5 atom stereocenters. The highest BCUT2D eigenvalue weighted by atomic mass is 16.5. The maximum atomic E-state index is 14.1. The van der Waals surface area contributed by atoms with E-state index in [1.54, 1.807) is 27.2 Å². The lowest BCUT2D eigenvalue weighted by Gasteiger charge is -2.29. The third-order valence-electron chi connectivity index (χ3n) is 10.0. The van der Waals surface area contributed by atoms with Gasteiger partial charge in [0.1, 0.15) is 35.1 Å². The Morgan fingerprint density at radius 3 is 2.55 bits per heavy atom. The summed E-state index contributed by atoms with van der Waals surface area (Å²) >= 11 is 0. The quantitative estimate of drug-likeness (QED) is 0.175. The van der Waals surface area contributed by atoms with Gasteiger partial charge in [-0.1, -0.05) is 58.0 Å². The summed E-state index contributed by atoms with van der Waals surface area (Å²) < 4.78 is 25.3. The summed E-state index contributed by atoms with van der Waals surface area (Å²) in [6.45, 7) is 7.40. The number of fused-ring (bicyclic) bond motifs is 4. The number of aliphatic hydroxyl groups excluding tert-OH is 1. The van der Waals surface area contributed by atoms with Crippen LogP contribution in [0, 0.1) is 11.8 Å². The molecule has 0 saturated carbocycles. The molecule has 0 radical (unpaired) electrons. The van der Waals surface area contributed by atoms with Crippen molar-refractivity contribution < 1.29 is 33.0 Å². The van der Waals surface area contributed by atoms with E-state index in [1.165, 1.54) is 0 Å². The molecule has 5 aromatic rings. The van der Waals surface area contributed by atoms with Gasteiger partial charge in [0.25, 0.3) is 0 Å². The molecule has 0 fully saturated rings. The fourth-order valence-corrected chi connectivity index (χ4v) is 7.28. The number of para-hydroxylation sites is 1. The van der Waals surface area contributed by atoms with Crippen molar-refractivity contribution in [3.63, 3.8) is 0 Å². The lowest BCUT2D eigenvalue weighted by Crippen LogP contribution is -2.52. The second kappa shape index (κ2) is 12.3. The van der Waals surface area contributed by atoms with Crippen molar-refractivity contribution in [3.05, 3.63) is 101 Å². The molecular weight excluding hydrogens is 650 g/mol. The van der Waals surface area contributed by atoms with Crippen molar-refractivity contribution in [2.75, 3.05) is 12.4 Å². The monoisotopic (exact) mass is 689 g/mol. The third-order valence-corrected chi connectivity index (χ3v) is 10.0. The minimum absolute atomic E-state index is 0.167. The second-order valence-electron chi connectivity index (χ2n) is 14.0. The number of methoxy groups -OCH3 is 1. The molecule has 3 aliphatic heterocycles. The maximum Gasteiger partial charge on any atom is 0.249 e. The molecule has 51 heavy (non-hydrogen) atoms. The van der Waals surface area contributed by atoms with Gasteiger partial charge in [0.15, 0.2) is 23.4 Å². The number of hydrogen-bond donors (Lipinski definition) is 4. The van der Waals surface area contributed by atoms with E-state index in [9.17, 15) is 14.7 Å². The lowest BCUT2D eigenvalue weighted by molar-refractivity contribution is -0.135. The number of nitrogens with zero attached hydrogens (tertiary/aromatic N) is 2. The Morgan fingerprint density at radius 2 is 1.80 bits per heavy atom. The van der Waals surface area contributed by atoms with Crippen LogP contribution in [0.1, 0.15) is 62.1 Å². The minimum Gasteiger partial charge on any atom is -0.497 e. The standard InChI is InChI=1S/C39H39N5O7/c1-19(2)30-37-44-31(36-40-18-29(49-36)22-11-13-23(48-5)14-12-22)33(51-37)39-24-8-6-7-9-26(24)42-38(39)50-28-15-10-21(16-25(28)39)17-27(34(46)43-30)41-35(47)32(45)20(3)4/h6-16,18-20,27,30,32,38,42,45H,17H2,1-5H3,(H,41,47)(H,43,46)/t27-,30?,32-,38?,39-/m0/s1. The van der Waals surface area contributed by atoms with Gasteiger partial charge in [-0.15, -0.1) is 0 Å². The highest BCUT2D eigenvalue weighted by Crippen LogP contribution is 2.59. The average Bonchev–Trinajstić information content (AvgIpc) is 3.91. The smallest absolute Gasteiger partial charge is 0.249 e. The lowest BCUT2D eigenvalue weighted by atomic mass is 9.72. The number of carbonyl (C=O) groups is 2. The number of aromatic nitrogens is 2. The fourth-order valence-electron chi connectivity index (χ4n) is 7.28. The SMILES string of the molecule is COc1ccc(-c2cnc(-c3nc4oc3[C@@]35c6ccccc6NC3Oc3ccc(cc35)C[C@H](NC(=O)[C@@H](O)C(C)C)C(=O)NC4C(C)C)o2)cc1. The van der Waals surface area contributed by atoms with Gasteiger partial charge in [0, 0.05) is 23.2 Å². The predicted octanol–water partition coefficient (Wildman–Crippen LogP) is 5.35. The van der Waals surface area contributed by atoms with Crippen molar-refractivity contribution in [1.29, 1.82) is 0 Å². The number of amides is 2. The van der Waals surface area contributed by atoms with Gasteiger partial charge in [0.05, 0.1) is 13.3 Å². The van der Waals surface area contributed by atoms with Crippen LogP contribution in [0.5, 0.6) is 11.5 Å². The number of aliphatic hydroxyl groups is 1. The Bertz CT molecular complexity index is 2140. The molecule has 0 saturated heterocycles. The second-order valence-corrected chi connectivity index (χ2v) is 14.0. The number of ether oxygens (including phenoxy) is 2.